The topological polar surface area (TPSA) is 59.1 Å². The molecular formula is C19H18N2O. The maximum absolute atomic E-state index is 11.5. The second kappa shape index (κ2) is 6.10. The fourth-order valence-corrected chi connectivity index (χ4v) is 2.68. The molecule has 1 atom stereocenters. The lowest BCUT2D eigenvalue weighted by Gasteiger charge is -2.34. The average Bonchev–Trinajstić information content (AvgIpc) is 2.62. The zero-order valence-electron chi connectivity index (χ0n) is 12.1. The van der Waals surface area contributed by atoms with Gasteiger partial charge in [-0.1, -0.05) is 66.7 Å². The summed E-state index contributed by atoms with van der Waals surface area (Å²) in [5, 5.41) is 11.5. The number of nitrogens with zero attached hydrogens (tertiary/aromatic N) is 1. The molecule has 3 rings (SSSR count). The maximum atomic E-state index is 11.5. The average molecular weight is 290 g/mol. The Balaban J connectivity index is 2.16. The molecule has 0 spiro atoms. The van der Waals surface area contributed by atoms with E-state index < -0.39 is 11.6 Å². The van der Waals surface area contributed by atoms with Crippen LogP contribution in [0.2, 0.25) is 0 Å². The molecule has 0 fully saturated rings. The molecule has 0 aliphatic rings. The van der Waals surface area contributed by atoms with Gasteiger partial charge in [0.25, 0.3) is 0 Å². The molecule has 0 aliphatic heterocycles. The minimum absolute atomic E-state index is 0.651. The summed E-state index contributed by atoms with van der Waals surface area (Å²) in [6, 6.07) is 23.8. The van der Waals surface area contributed by atoms with E-state index in [4.69, 9.17) is 5.73 Å². The minimum Gasteiger partial charge on any atom is -0.378 e. The van der Waals surface area contributed by atoms with E-state index in [2.05, 4.69) is 4.98 Å². The van der Waals surface area contributed by atoms with Crippen LogP contribution in [0.4, 0.5) is 0 Å². The van der Waals surface area contributed by atoms with Gasteiger partial charge in [-0.15, -0.1) is 0 Å². The molecule has 22 heavy (non-hydrogen) atoms. The van der Waals surface area contributed by atoms with E-state index >= 15 is 0 Å². The van der Waals surface area contributed by atoms with Crippen LogP contribution in [-0.2, 0) is 5.60 Å². The summed E-state index contributed by atoms with van der Waals surface area (Å²) in [7, 11) is 0. The number of hydrogen-bond donors (Lipinski definition) is 2. The van der Waals surface area contributed by atoms with E-state index in [9.17, 15) is 5.11 Å². The molecule has 0 bridgehead atoms. The largest absolute Gasteiger partial charge is 0.378 e. The number of hydrogen-bond acceptors (Lipinski definition) is 3. The fraction of sp³-hybridized carbons (Fsp3) is 0.105. The highest BCUT2D eigenvalue weighted by Crippen LogP contribution is 2.38. The summed E-state index contributed by atoms with van der Waals surface area (Å²) in [5.74, 6) is 0. The summed E-state index contributed by atoms with van der Waals surface area (Å²) in [6.45, 7) is 0. The van der Waals surface area contributed by atoms with Crippen LogP contribution in [0, 0.1) is 0 Å². The number of aliphatic hydroxyl groups is 1. The van der Waals surface area contributed by atoms with Crippen LogP contribution in [0.3, 0.4) is 0 Å². The van der Waals surface area contributed by atoms with Gasteiger partial charge < -0.3 is 10.8 Å². The van der Waals surface area contributed by atoms with Gasteiger partial charge >= 0.3 is 0 Å². The first-order valence-electron chi connectivity index (χ1n) is 7.23. The van der Waals surface area contributed by atoms with Gasteiger partial charge in [0.15, 0.2) is 0 Å². The second-order valence-corrected chi connectivity index (χ2v) is 5.23. The van der Waals surface area contributed by atoms with Gasteiger partial charge in [0, 0.05) is 6.20 Å². The van der Waals surface area contributed by atoms with Gasteiger partial charge in [0.2, 0.25) is 0 Å². The molecule has 110 valence electrons. The van der Waals surface area contributed by atoms with Crippen molar-refractivity contribution in [1.29, 1.82) is 0 Å². The predicted octanol–water partition coefficient (Wildman–Crippen LogP) is 3.02. The highest BCUT2D eigenvalue weighted by Gasteiger charge is 2.39. The maximum Gasteiger partial charge on any atom is 0.135 e. The molecule has 0 aliphatic carbocycles. The Labute approximate surface area is 130 Å². The van der Waals surface area contributed by atoms with Crippen molar-refractivity contribution in [2.24, 2.45) is 5.73 Å². The molecule has 1 unspecified atom stereocenters. The second-order valence-electron chi connectivity index (χ2n) is 5.23. The first-order valence-corrected chi connectivity index (χ1v) is 7.23. The standard InChI is InChI=1S/C19H18N2O/c20-18(17-13-7-8-14-21-17)19(22,15-9-3-1-4-10-15)16-11-5-2-6-12-16/h1-14,18,22H,20H2. The summed E-state index contributed by atoms with van der Waals surface area (Å²) in [5.41, 5.74) is 7.24. The number of rotatable bonds is 4. The molecule has 0 saturated carbocycles. The van der Waals surface area contributed by atoms with Crippen LogP contribution in [0.5, 0.6) is 0 Å². The summed E-state index contributed by atoms with van der Waals surface area (Å²) in [4.78, 5) is 4.31. The van der Waals surface area contributed by atoms with Crippen LogP contribution >= 0.6 is 0 Å². The Bertz CT molecular complexity index is 675. The number of nitrogens with two attached hydrogens (primary N) is 1. The van der Waals surface area contributed by atoms with Gasteiger partial charge in [0.1, 0.15) is 5.60 Å². The summed E-state index contributed by atoms with van der Waals surface area (Å²) >= 11 is 0. The number of benzene rings is 2. The van der Waals surface area contributed by atoms with Crippen molar-refractivity contribution in [2.75, 3.05) is 0 Å². The molecule has 1 heterocycles. The van der Waals surface area contributed by atoms with Crippen molar-refractivity contribution in [2.45, 2.75) is 11.6 Å². The van der Waals surface area contributed by atoms with Gasteiger partial charge in [-0.05, 0) is 23.3 Å². The SMILES string of the molecule is NC(c1ccccn1)C(O)(c1ccccc1)c1ccccc1. The molecule has 0 saturated heterocycles. The number of aromatic nitrogens is 1. The van der Waals surface area contributed by atoms with E-state index in [-0.39, 0.29) is 0 Å². The third kappa shape index (κ3) is 2.52. The third-order valence-corrected chi connectivity index (χ3v) is 3.88. The van der Waals surface area contributed by atoms with E-state index in [0.717, 1.165) is 11.1 Å². The quantitative estimate of drug-likeness (QED) is 0.776. The lowest BCUT2D eigenvalue weighted by molar-refractivity contribution is 0.0498. The molecule has 0 amide bonds. The molecule has 0 radical (unpaired) electrons. The highest BCUT2D eigenvalue weighted by atomic mass is 16.3. The van der Waals surface area contributed by atoms with Crippen molar-refractivity contribution < 1.29 is 5.11 Å². The van der Waals surface area contributed by atoms with Crippen LogP contribution in [-0.4, -0.2) is 10.1 Å². The van der Waals surface area contributed by atoms with Crippen molar-refractivity contribution in [3.8, 4) is 0 Å². The first kappa shape index (κ1) is 14.4. The van der Waals surface area contributed by atoms with Gasteiger partial charge in [-0.3, -0.25) is 4.98 Å². The molecule has 1 aromatic heterocycles. The lowest BCUT2D eigenvalue weighted by Crippen LogP contribution is -2.40. The molecule has 3 N–H and O–H groups in total. The molecule has 2 aromatic carbocycles. The van der Waals surface area contributed by atoms with Crippen LogP contribution < -0.4 is 5.73 Å². The predicted molar refractivity (Wildman–Crippen MR) is 87.0 cm³/mol. The van der Waals surface area contributed by atoms with Crippen LogP contribution in [0.25, 0.3) is 0 Å². The van der Waals surface area contributed by atoms with E-state index in [0.29, 0.717) is 5.69 Å². The zero-order valence-corrected chi connectivity index (χ0v) is 12.1. The Hall–Kier alpha value is -2.49. The molecule has 3 heteroatoms. The van der Waals surface area contributed by atoms with Crippen molar-refractivity contribution in [3.63, 3.8) is 0 Å². The summed E-state index contributed by atoms with van der Waals surface area (Å²) < 4.78 is 0. The minimum atomic E-state index is -1.34. The van der Waals surface area contributed by atoms with Crippen LogP contribution in [0.15, 0.2) is 85.1 Å². The van der Waals surface area contributed by atoms with Crippen LogP contribution in [0.1, 0.15) is 22.9 Å². The monoisotopic (exact) mass is 290 g/mol. The highest BCUT2D eigenvalue weighted by molar-refractivity contribution is 5.39. The van der Waals surface area contributed by atoms with Gasteiger partial charge in [-0.25, -0.2) is 0 Å². The van der Waals surface area contributed by atoms with E-state index in [1.807, 2.05) is 78.9 Å². The molecular weight excluding hydrogens is 272 g/mol. The van der Waals surface area contributed by atoms with E-state index in [1.165, 1.54) is 0 Å². The fourth-order valence-electron chi connectivity index (χ4n) is 2.68. The first-order chi connectivity index (χ1) is 10.7. The van der Waals surface area contributed by atoms with Gasteiger partial charge in [0.05, 0.1) is 11.7 Å². The summed E-state index contributed by atoms with van der Waals surface area (Å²) in [6.07, 6.45) is 1.69. The lowest BCUT2D eigenvalue weighted by atomic mass is 9.79. The van der Waals surface area contributed by atoms with E-state index in [1.54, 1.807) is 6.20 Å². The van der Waals surface area contributed by atoms with Gasteiger partial charge in [-0.2, -0.15) is 0 Å². The Morgan fingerprint density at radius 3 is 1.73 bits per heavy atom. The number of pyridine rings is 1. The Kier molecular flexibility index (Phi) is 4.00. The Morgan fingerprint density at radius 1 is 0.773 bits per heavy atom. The van der Waals surface area contributed by atoms with Crippen molar-refractivity contribution in [1.82, 2.24) is 4.98 Å². The van der Waals surface area contributed by atoms with Crippen molar-refractivity contribution in [3.05, 3.63) is 102 Å². The zero-order chi connectivity index (χ0) is 15.4. The van der Waals surface area contributed by atoms with Crippen molar-refractivity contribution >= 4 is 0 Å². The smallest absolute Gasteiger partial charge is 0.135 e. The normalized spacial score (nSPS) is 12.8. The third-order valence-electron chi connectivity index (χ3n) is 3.88. The Morgan fingerprint density at radius 2 is 1.27 bits per heavy atom. The molecule has 3 nitrogen and oxygen atoms in total. The molecule has 3 aromatic rings.